The molecule has 0 bridgehead atoms. The van der Waals surface area contributed by atoms with Crippen LogP contribution in [0.2, 0.25) is 0 Å². The second kappa shape index (κ2) is 5.50. The second-order valence-corrected chi connectivity index (χ2v) is 5.71. The summed E-state index contributed by atoms with van der Waals surface area (Å²) in [6.45, 7) is 3.78. The van der Waals surface area contributed by atoms with Gasteiger partial charge in [0.15, 0.2) is 6.23 Å². The van der Waals surface area contributed by atoms with E-state index >= 15 is 0 Å². The largest absolute Gasteiger partial charge is 0.348 e. The summed E-state index contributed by atoms with van der Waals surface area (Å²) in [5.41, 5.74) is -2.51. The Morgan fingerprint density at radius 2 is 2.20 bits per heavy atom. The van der Waals surface area contributed by atoms with Gasteiger partial charge in [-0.2, -0.15) is 4.39 Å². The Balaban J connectivity index is 2.47. The fourth-order valence-electron chi connectivity index (χ4n) is 2.46. The molecule has 0 amide bonds. The summed E-state index contributed by atoms with van der Waals surface area (Å²) >= 11 is 12.3. The minimum atomic E-state index is -1.07. The first-order valence-corrected chi connectivity index (χ1v) is 7.22. The molecular formula is C12H15Cl2FN2O3. The van der Waals surface area contributed by atoms with E-state index in [9.17, 15) is 14.0 Å². The summed E-state index contributed by atoms with van der Waals surface area (Å²) in [6.07, 6.45) is 0.551. The Kier molecular flexibility index (Phi) is 4.27. The van der Waals surface area contributed by atoms with Gasteiger partial charge in [-0.25, -0.2) is 4.79 Å². The maximum absolute atomic E-state index is 13.4. The van der Waals surface area contributed by atoms with Gasteiger partial charge in [0.25, 0.3) is 5.56 Å². The maximum atomic E-state index is 13.4. The van der Waals surface area contributed by atoms with Crippen molar-refractivity contribution in [3.05, 3.63) is 32.9 Å². The lowest BCUT2D eigenvalue weighted by molar-refractivity contribution is -0.0726. The number of ether oxygens (including phenoxy) is 1. The summed E-state index contributed by atoms with van der Waals surface area (Å²) in [5.74, 6) is -0.978. The average Bonchev–Trinajstić information content (AvgIpc) is 2.68. The van der Waals surface area contributed by atoms with E-state index in [4.69, 9.17) is 27.9 Å². The van der Waals surface area contributed by atoms with Crippen LogP contribution in [0.3, 0.4) is 0 Å². The Bertz CT molecular complexity index is 611. The lowest BCUT2D eigenvalue weighted by Gasteiger charge is -2.29. The SMILES string of the molecule is CC[C@@]1(CCl)O[C@@H](n2cc(F)c(=O)[nH]c2=O)[C@@H](Cl)[C@@H]1C. The Morgan fingerprint density at radius 3 is 2.70 bits per heavy atom. The van der Waals surface area contributed by atoms with Gasteiger partial charge < -0.3 is 4.74 Å². The van der Waals surface area contributed by atoms with E-state index in [1.807, 2.05) is 18.8 Å². The highest BCUT2D eigenvalue weighted by Crippen LogP contribution is 2.46. The highest BCUT2D eigenvalue weighted by atomic mass is 35.5. The van der Waals surface area contributed by atoms with Crippen molar-refractivity contribution in [1.29, 1.82) is 0 Å². The zero-order valence-corrected chi connectivity index (χ0v) is 12.5. The third kappa shape index (κ3) is 2.29. The molecular weight excluding hydrogens is 310 g/mol. The van der Waals surface area contributed by atoms with Gasteiger partial charge in [-0.15, -0.1) is 23.2 Å². The van der Waals surface area contributed by atoms with Crippen LogP contribution in [-0.4, -0.2) is 26.4 Å². The molecule has 0 unspecified atom stereocenters. The number of aromatic amines is 1. The van der Waals surface area contributed by atoms with E-state index in [1.165, 1.54) is 0 Å². The maximum Gasteiger partial charge on any atom is 0.330 e. The van der Waals surface area contributed by atoms with Gasteiger partial charge in [0.1, 0.15) is 0 Å². The first-order chi connectivity index (χ1) is 9.36. The Hall–Kier alpha value is -0.850. The number of nitrogens with one attached hydrogen (secondary N) is 1. The molecule has 1 N–H and O–H groups in total. The van der Waals surface area contributed by atoms with E-state index in [0.717, 1.165) is 10.8 Å². The second-order valence-electron chi connectivity index (χ2n) is 4.94. The van der Waals surface area contributed by atoms with Crippen LogP contribution in [0.15, 0.2) is 15.8 Å². The molecule has 2 heterocycles. The van der Waals surface area contributed by atoms with Crippen molar-refractivity contribution in [3.8, 4) is 0 Å². The van der Waals surface area contributed by atoms with E-state index in [-0.39, 0.29) is 11.8 Å². The zero-order valence-electron chi connectivity index (χ0n) is 11.0. The van der Waals surface area contributed by atoms with Crippen LogP contribution in [0.25, 0.3) is 0 Å². The Morgan fingerprint density at radius 1 is 1.55 bits per heavy atom. The number of H-pyrrole nitrogens is 1. The van der Waals surface area contributed by atoms with Crippen LogP contribution in [0.4, 0.5) is 4.39 Å². The van der Waals surface area contributed by atoms with Crippen molar-refractivity contribution < 1.29 is 9.13 Å². The van der Waals surface area contributed by atoms with Crippen molar-refractivity contribution in [3.63, 3.8) is 0 Å². The fraction of sp³-hybridized carbons (Fsp3) is 0.667. The molecule has 0 aliphatic carbocycles. The predicted molar refractivity (Wildman–Crippen MR) is 73.9 cm³/mol. The quantitative estimate of drug-likeness (QED) is 0.863. The number of hydrogen-bond donors (Lipinski definition) is 1. The van der Waals surface area contributed by atoms with Gasteiger partial charge in [0.05, 0.1) is 23.1 Å². The summed E-state index contributed by atoms with van der Waals surface area (Å²) < 4.78 is 20.2. The van der Waals surface area contributed by atoms with E-state index < -0.39 is 34.3 Å². The number of rotatable bonds is 3. The molecule has 0 spiro atoms. The molecule has 4 atom stereocenters. The lowest BCUT2D eigenvalue weighted by Crippen LogP contribution is -2.37. The number of hydrogen-bond acceptors (Lipinski definition) is 3. The molecule has 1 fully saturated rings. The number of halogens is 3. The summed E-state index contributed by atoms with van der Waals surface area (Å²) in [4.78, 5) is 24.7. The lowest BCUT2D eigenvalue weighted by atomic mass is 9.88. The van der Waals surface area contributed by atoms with Crippen molar-refractivity contribution in [2.24, 2.45) is 5.92 Å². The summed E-state index contributed by atoms with van der Waals surface area (Å²) in [6, 6.07) is 0. The molecule has 20 heavy (non-hydrogen) atoms. The van der Waals surface area contributed by atoms with Crippen LogP contribution in [0.5, 0.6) is 0 Å². The fourth-order valence-corrected chi connectivity index (χ4v) is 3.36. The normalized spacial score (nSPS) is 33.5. The molecule has 1 aromatic rings. The molecule has 1 aromatic heterocycles. The molecule has 0 radical (unpaired) electrons. The van der Waals surface area contributed by atoms with Crippen molar-refractivity contribution in [2.75, 3.05) is 5.88 Å². The molecule has 0 aromatic carbocycles. The first kappa shape index (κ1) is 15.5. The van der Waals surface area contributed by atoms with Crippen LogP contribution < -0.4 is 11.2 Å². The third-order valence-corrected chi connectivity index (χ3v) is 5.00. The molecule has 5 nitrogen and oxygen atoms in total. The van der Waals surface area contributed by atoms with Crippen molar-refractivity contribution in [2.45, 2.75) is 37.5 Å². The molecule has 1 saturated heterocycles. The number of aromatic nitrogens is 2. The minimum Gasteiger partial charge on any atom is -0.348 e. The van der Waals surface area contributed by atoms with E-state index in [2.05, 4.69) is 0 Å². The molecule has 1 aliphatic heterocycles. The molecule has 1 aliphatic rings. The van der Waals surface area contributed by atoms with Gasteiger partial charge >= 0.3 is 5.69 Å². The smallest absolute Gasteiger partial charge is 0.330 e. The van der Waals surface area contributed by atoms with Gasteiger partial charge in [0.2, 0.25) is 5.82 Å². The number of alkyl halides is 2. The van der Waals surface area contributed by atoms with Gasteiger partial charge in [0, 0.05) is 5.92 Å². The van der Waals surface area contributed by atoms with Gasteiger partial charge in [-0.3, -0.25) is 14.3 Å². The topological polar surface area (TPSA) is 64.1 Å². The third-order valence-electron chi connectivity index (χ3n) is 3.96. The van der Waals surface area contributed by atoms with Crippen LogP contribution in [-0.2, 0) is 4.74 Å². The molecule has 8 heteroatoms. The predicted octanol–water partition coefficient (Wildman–Crippen LogP) is 1.84. The standard InChI is InChI=1S/C12H15Cl2FN2O3/c1-3-12(5-13)6(2)8(14)10(20-12)17-4-7(15)9(18)16-11(17)19/h4,6,8,10H,3,5H2,1-2H3,(H,16,18,19)/t6-,8-,10+,12-/m0/s1. The Labute approximate surface area is 124 Å². The first-order valence-electron chi connectivity index (χ1n) is 6.25. The minimum absolute atomic E-state index is 0.126. The van der Waals surface area contributed by atoms with Crippen LogP contribution in [0.1, 0.15) is 26.5 Å². The van der Waals surface area contributed by atoms with E-state index in [1.54, 1.807) is 0 Å². The van der Waals surface area contributed by atoms with Crippen molar-refractivity contribution >= 4 is 23.2 Å². The molecule has 2 rings (SSSR count). The summed E-state index contributed by atoms with van der Waals surface area (Å²) in [7, 11) is 0. The van der Waals surface area contributed by atoms with Crippen LogP contribution >= 0.6 is 23.2 Å². The highest BCUT2D eigenvalue weighted by Gasteiger charge is 2.51. The zero-order chi connectivity index (χ0) is 15.1. The van der Waals surface area contributed by atoms with E-state index in [0.29, 0.717) is 6.42 Å². The van der Waals surface area contributed by atoms with Gasteiger partial charge in [-0.1, -0.05) is 13.8 Å². The monoisotopic (exact) mass is 324 g/mol. The van der Waals surface area contributed by atoms with Crippen LogP contribution in [0, 0.1) is 11.7 Å². The molecule has 0 saturated carbocycles. The summed E-state index contributed by atoms with van der Waals surface area (Å²) in [5, 5.41) is -0.559. The average molecular weight is 325 g/mol. The molecule has 112 valence electrons. The van der Waals surface area contributed by atoms with Gasteiger partial charge in [-0.05, 0) is 6.42 Å². The van der Waals surface area contributed by atoms with Crippen molar-refractivity contribution in [1.82, 2.24) is 9.55 Å². The number of nitrogens with zero attached hydrogens (tertiary/aromatic N) is 1. The highest BCUT2D eigenvalue weighted by molar-refractivity contribution is 6.22.